The van der Waals surface area contributed by atoms with Crippen LogP contribution in [0.5, 0.6) is 0 Å². The van der Waals surface area contributed by atoms with Gasteiger partial charge in [-0.25, -0.2) is 0 Å². The Balaban J connectivity index is -0.0000000457. The molecule has 2 radical (unpaired) electrons. The van der Waals surface area contributed by atoms with Crippen molar-refractivity contribution in [1.29, 1.82) is 0 Å². The normalized spacial score (nSPS) is 7.00. The van der Waals surface area contributed by atoms with E-state index in [-0.39, 0.29) is 32.0 Å². The van der Waals surface area contributed by atoms with Crippen molar-refractivity contribution in [1.82, 2.24) is 0 Å². The molecule has 0 saturated carbocycles. The van der Waals surface area contributed by atoms with Gasteiger partial charge in [-0.3, -0.25) is 0 Å². The number of halogens is 1. The van der Waals surface area contributed by atoms with E-state index >= 15 is 0 Å². The molecule has 0 aliphatic carbocycles. The molecular formula is C10H22FTl. The van der Waals surface area contributed by atoms with Crippen molar-refractivity contribution in [2.75, 3.05) is 0 Å². The average molecular weight is 366 g/mol. The monoisotopic (exact) mass is 366 g/mol. The molecule has 0 unspecified atom stereocenters. The number of rotatable bonds is 4. The first kappa shape index (κ1) is 23.0. The third kappa shape index (κ3) is 44.7. The standard InChI is InChI=1S/2C5H11.FH.Tl/c2*1-3-5-4-2;;/h2*1,3-5H2,2H3;1H;/q;;;+1/p-1. The third-order valence-corrected chi connectivity index (χ3v) is 1.21. The van der Waals surface area contributed by atoms with Crippen molar-refractivity contribution in [2.45, 2.75) is 52.4 Å². The van der Waals surface area contributed by atoms with Crippen molar-refractivity contribution in [3.05, 3.63) is 13.8 Å². The quantitative estimate of drug-likeness (QED) is 0.642. The summed E-state index contributed by atoms with van der Waals surface area (Å²) in [6, 6.07) is 0. The maximum atomic E-state index is 3.68. The molecule has 0 bridgehead atoms. The van der Waals surface area contributed by atoms with Crippen LogP contribution in [0.4, 0.5) is 0 Å². The molecule has 0 spiro atoms. The van der Waals surface area contributed by atoms with Gasteiger partial charge in [-0.15, -0.1) is 0 Å². The fraction of sp³-hybridized carbons (Fsp3) is 0.800. The molecule has 72 valence electrons. The third-order valence-electron chi connectivity index (χ3n) is 1.21. The van der Waals surface area contributed by atoms with Crippen molar-refractivity contribution < 1.29 is 4.70 Å². The minimum absolute atomic E-state index is 0. The summed E-state index contributed by atoms with van der Waals surface area (Å²) in [6.07, 6.45) is 7.31. The molecule has 0 saturated heterocycles. The van der Waals surface area contributed by atoms with Gasteiger partial charge in [0.1, 0.15) is 0 Å². The van der Waals surface area contributed by atoms with Crippen molar-refractivity contribution >= 4 is 27.3 Å². The van der Waals surface area contributed by atoms with Crippen LogP contribution in [0.2, 0.25) is 0 Å². The molecule has 12 heavy (non-hydrogen) atoms. The van der Waals surface area contributed by atoms with E-state index in [4.69, 9.17) is 0 Å². The van der Waals surface area contributed by atoms with E-state index in [1.165, 1.54) is 25.7 Å². The van der Waals surface area contributed by atoms with Crippen molar-refractivity contribution in [3.63, 3.8) is 0 Å². The van der Waals surface area contributed by atoms with E-state index < -0.39 is 0 Å². The molecule has 2 heteroatoms. The van der Waals surface area contributed by atoms with Crippen molar-refractivity contribution in [3.8, 4) is 0 Å². The van der Waals surface area contributed by atoms with E-state index in [2.05, 4.69) is 27.7 Å². The van der Waals surface area contributed by atoms with Crippen LogP contribution in [0.3, 0.4) is 0 Å². The molecule has 0 aromatic carbocycles. The largest absolute Gasteiger partial charge is 1.00 e. The summed E-state index contributed by atoms with van der Waals surface area (Å²) in [5, 5.41) is 0. The minimum Gasteiger partial charge on any atom is -1.00 e. The van der Waals surface area contributed by atoms with Crippen LogP contribution >= 0.6 is 0 Å². The zero-order valence-electron chi connectivity index (χ0n) is 8.61. The second-order valence-corrected chi connectivity index (χ2v) is 2.41. The Morgan fingerprint density at radius 3 is 1.08 bits per heavy atom. The van der Waals surface area contributed by atoms with E-state index in [0.29, 0.717) is 0 Å². The van der Waals surface area contributed by atoms with Crippen LogP contribution in [-0.2, 0) is 0 Å². The molecule has 0 heterocycles. The molecule has 0 fully saturated rings. The number of hydrogen-bond acceptors (Lipinski definition) is 0. The Morgan fingerprint density at radius 2 is 1.08 bits per heavy atom. The van der Waals surface area contributed by atoms with Gasteiger partial charge in [0.05, 0.1) is 0 Å². The van der Waals surface area contributed by atoms with Gasteiger partial charge in [0.2, 0.25) is 0 Å². The molecule has 0 aliphatic rings. The van der Waals surface area contributed by atoms with Gasteiger partial charge in [0, 0.05) is 0 Å². The summed E-state index contributed by atoms with van der Waals surface area (Å²) in [4.78, 5) is 0. The maximum absolute atomic E-state index is 3.68. The Labute approximate surface area is 98.0 Å². The fourth-order valence-corrected chi connectivity index (χ4v) is 0.500. The Kier molecular flexibility index (Phi) is 57.1. The maximum Gasteiger partial charge on any atom is 1.00 e. The second kappa shape index (κ2) is 29.7. The predicted molar refractivity (Wildman–Crippen MR) is 55.5 cm³/mol. The first-order chi connectivity index (χ1) is 4.83. The summed E-state index contributed by atoms with van der Waals surface area (Å²) >= 11 is 0. The molecule has 0 aromatic heterocycles. The van der Waals surface area contributed by atoms with Crippen LogP contribution in [0.1, 0.15) is 52.4 Å². The van der Waals surface area contributed by atoms with Gasteiger partial charge in [-0.1, -0.05) is 66.2 Å². The van der Waals surface area contributed by atoms with Crippen LogP contribution < -0.4 is 4.70 Å². The average Bonchev–Trinajstić information content (AvgIpc) is 1.93. The van der Waals surface area contributed by atoms with Gasteiger partial charge < -0.3 is 4.70 Å². The molecule has 0 rings (SSSR count). The molecule has 0 nitrogen and oxygen atoms in total. The topological polar surface area (TPSA) is 0 Å². The van der Waals surface area contributed by atoms with E-state index in [9.17, 15) is 0 Å². The van der Waals surface area contributed by atoms with Crippen LogP contribution in [0.25, 0.3) is 0 Å². The van der Waals surface area contributed by atoms with Gasteiger partial charge in [-0.2, -0.15) is 0 Å². The molecule has 0 aromatic rings. The summed E-state index contributed by atoms with van der Waals surface area (Å²) < 4.78 is 0. The number of unbranched alkanes of at least 4 members (excludes halogenated alkanes) is 4. The first-order valence-electron chi connectivity index (χ1n) is 4.41. The molecular weight excluding hydrogens is 343 g/mol. The Morgan fingerprint density at radius 1 is 0.833 bits per heavy atom. The SMILES string of the molecule is [CH2]CCCC.[CH2]CCCC.[F-].[Tl+]. The van der Waals surface area contributed by atoms with Crippen LogP contribution in [0.15, 0.2) is 0 Å². The molecule has 0 N–H and O–H groups in total. The summed E-state index contributed by atoms with van der Waals surface area (Å²) in [6.45, 7) is 11.7. The summed E-state index contributed by atoms with van der Waals surface area (Å²) in [5.41, 5.74) is 0. The predicted octanol–water partition coefficient (Wildman–Crippen LogP) is 0.645. The zero-order valence-corrected chi connectivity index (χ0v) is 13.1. The Bertz CT molecular complexity index is 30.8. The van der Waals surface area contributed by atoms with E-state index in [0.717, 1.165) is 12.8 Å². The fourth-order valence-electron chi connectivity index (χ4n) is 0.500. The zero-order chi connectivity index (χ0) is 8.24. The van der Waals surface area contributed by atoms with E-state index in [1.54, 1.807) is 0 Å². The second-order valence-electron chi connectivity index (χ2n) is 2.41. The van der Waals surface area contributed by atoms with Crippen LogP contribution in [-0.4, -0.2) is 27.3 Å². The van der Waals surface area contributed by atoms with Gasteiger partial charge in [-0.05, 0) is 0 Å². The molecule has 0 aliphatic heterocycles. The van der Waals surface area contributed by atoms with Crippen LogP contribution in [0, 0.1) is 13.8 Å². The summed E-state index contributed by atoms with van der Waals surface area (Å²) in [5.74, 6) is 0. The minimum atomic E-state index is 0. The first-order valence-corrected chi connectivity index (χ1v) is 4.41. The smallest absolute Gasteiger partial charge is 1.00 e. The summed E-state index contributed by atoms with van der Waals surface area (Å²) in [7, 11) is 0. The van der Waals surface area contributed by atoms with Gasteiger partial charge >= 0.3 is 27.3 Å². The van der Waals surface area contributed by atoms with E-state index in [1.807, 2.05) is 0 Å². The van der Waals surface area contributed by atoms with Gasteiger partial charge in [0.15, 0.2) is 0 Å². The van der Waals surface area contributed by atoms with Gasteiger partial charge in [0.25, 0.3) is 0 Å². The molecule has 0 amide bonds. The van der Waals surface area contributed by atoms with Crippen molar-refractivity contribution in [2.24, 2.45) is 0 Å². The number of hydrogen-bond donors (Lipinski definition) is 0. The molecule has 0 atom stereocenters. The Hall–Kier alpha value is 0.852.